The molecule has 0 aliphatic carbocycles. The van der Waals surface area contributed by atoms with Gasteiger partial charge in [0.1, 0.15) is 46.0 Å². The van der Waals surface area contributed by atoms with Crippen molar-refractivity contribution in [2.45, 2.75) is 38.0 Å². The van der Waals surface area contributed by atoms with E-state index in [-0.39, 0.29) is 37.7 Å². The van der Waals surface area contributed by atoms with Gasteiger partial charge >= 0.3 is 10.6 Å². The second-order valence-electron chi connectivity index (χ2n) is 13.8. The normalized spacial score (nSPS) is 11.5. The maximum absolute atomic E-state index is 13.5. The number of sulfone groups is 2. The molecule has 0 saturated carbocycles. The highest BCUT2D eigenvalue weighted by atomic mass is 32.2. The van der Waals surface area contributed by atoms with Crippen LogP contribution < -0.4 is 18.9 Å². The summed E-state index contributed by atoms with van der Waals surface area (Å²) in [5.74, 6) is 2.15. The number of fused-ring (bicyclic) bond motifs is 1. The lowest BCUT2D eigenvalue weighted by molar-refractivity contribution is 0.306. The summed E-state index contributed by atoms with van der Waals surface area (Å²) >= 11 is 0. The Morgan fingerprint density at radius 2 is 0.879 bits per heavy atom. The minimum atomic E-state index is -4.87. The molecule has 0 amide bonds. The van der Waals surface area contributed by atoms with E-state index >= 15 is 0 Å². The molecule has 66 heavy (non-hydrogen) atoms. The topological polar surface area (TPSA) is 265 Å². The third-order valence-electron chi connectivity index (χ3n) is 8.91. The molecule has 7 aromatic rings. The van der Waals surface area contributed by atoms with Crippen LogP contribution in [0.3, 0.4) is 0 Å². The van der Waals surface area contributed by atoms with Gasteiger partial charge in [0.15, 0.2) is 0 Å². The van der Waals surface area contributed by atoms with Gasteiger partial charge in [0, 0.05) is 0 Å². The van der Waals surface area contributed by atoms with Crippen molar-refractivity contribution in [3.8, 4) is 34.5 Å². The van der Waals surface area contributed by atoms with Crippen LogP contribution in [0, 0.1) is 6.92 Å². The number of hydrogen-bond donors (Lipinski definition) is 2. The summed E-state index contributed by atoms with van der Waals surface area (Å²) in [4.78, 5) is -0.762. The van der Waals surface area contributed by atoms with E-state index in [9.17, 15) is 38.2 Å². The predicted molar refractivity (Wildman–Crippen MR) is 240 cm³/mol. The zero-order valence-electron chi connectivity index (χ0n) is 34.7. The van der Waals surface area contributed by atoms with Crippen molar-refractivity contribution in [2.24, 2.45) is 0 Å². The maximum atomic E-state index is 13.5. The molecule has 0 fully saturated rings. The quantitative estimate of drug-likeness (QED) is 0.105. The van der Waals surface area contributed by atoms with Crippen LogP contribution >= 0.6 is 0 Å². The van der Waals surface area contributed by atoms with Gasteiger partial charge in [-0.3, -0.25) is 9.11 Å². The smallest absolute Gasteiger partial charge is 0.425 e. The van der Waals surface area contributed by atoms with E-state index in [1.54, 1.807) is 72.8 Å². The molecule has 0 atom stereocenters. The first-order valence-corrected chi connectivity index (χ1v) is 25.9. The highest BCUT2D eigenvalue weighted by Gasteiger charge is 2.25. The molecule has 0 spiro atoms. The number of aryl methyl sites for hydroxylation is 1. The van der Waals surface area contributed by atoms with E-state index in [2.05, 4.69) is 0 Å². The van der Waals surface area contributed by atoms with Gasteiger partial charge in [0.05, 0.1) is 32.9 Å². The number of methoxy groups -OCH3 is 1. The van der Waals surface area contributed by atoms with Crippen molar-refractivity contribution in [3.63, 3.8) is 0 Å². The lowest BCUT2D eigenvalue weighted by Gasteiger charge is -2.13. The van der Waals surface area contributed by atoms with E-state index in [1.165, 1.54) is 55.6 Å². The van der Waals surface area contributed by atoms with E-state index in [1.807, 2.05) is 31.2 Å². The Morgan fingerprint density at radius 3 is 1.39 bits per heavy atom. The van der Waals surface area contributed by atoms with Crippen molar-refractivity contribution < 1.29 is 74.4 Å². The van der Waals surface area contributed by atoms with Gasteiger partial charge < -0.3 is 18.9 Å². The Hall–Kier alpha value is -6.66. The van der Waals surface area contributed by atoms with Gasteiger partial charge in [-0.25, -0.2) is 16.8 Å². The fraction of sp³-hybridized carbons (Fsp3) is 0.0909. The number of ether oxygens (including phenoxy) is 4. The first-order chi connectivity index (χ1) is 30.9. The van der Waals surface area contributed by atoms with Gasteiger partial charge in [-0.15, -0.1) is 12.6 Å². The van der Waals surface area contributed by atoms with Gasteiger partial charge in [0.2, 0.25) is 19.7 Å². The number of hydrogen-bond acceptors (Lipinski definition) is 15. The Kier molecular flexibility index (Phi) is 16.1. The molecule has 7 aromatic carbocycles. The van der Waals surface area contributed by atoms with E-state index < -0.39 is 55.4 Å². The average molecular weight is 999 g/mol. The third kappa shape index (κ3) is 14.2. The highest BCUT2D eigenvalue weighted by Crippen LogP contribution is 2.34. The lowest BCUT2D eigenvalue weighted by atomic mass is 10.1. The zero-order valence-corrected chi connectivity index (χ0v) is 38.8. The second kappa shape index (κ2) is 21.1. The molecule has 0 aromatic heterocycles. The fourth-order valence-corrected chi connectivity index (χ4v) is 9.07. The maximum Gasteiger partial charge on any atom is 0.425 e. The van der Waals surface area contributed by atoms with Crippen LogP contribution in [0.5, 0.6) is 34.5 Å². The molecule has 0 radical (unpaired) electrons. The van der Waals surface area contributed by atoms with Crippen molar-refractivity contribution in [1.82, 2.24) is 0 Å². The monoisotopic (exact) mass is 998 g/mol. The van der Waals surface area contributed by atoms with Gasteiger partial charge in [0.25, 0.3) is 20.2 Å². The predicted octanol–water partition coefficient (Wildman–Crippen LogP) is 7.73. The molecular formula is C44H38O17S5. The molecule has 0 aliphatic rings. The molecule has 0 saturated heterocycles. The first-order valence-electron chi connectivity index (χ1n) is 18.7. The third-order valence-corrected chi connectivity index (χ3v) is 13.3. The lowest BCUT2D eigenvalue weighted by Crippen LogP contribution is -2.07. The van der Waals surface area contributed by atoms with Gasteiger partial charge in [-0.2, -0.15) is 16.8 Å². The van der Waals surface area contributed by atoms with Gasteiger partial charge in [-0.05, 0) is 139 Å². The van der Waals surface area contributed by atoms with Crippen LogP contribution in [0.1, 0.15) is 11.1 Å². The second-order valence-corrected chi connectivity index (χ2v) is 21.0. The Bertz CT molecular complexity index is 3400. The summed E-state index contributed by atoms with van der Waals surface area (Å²) in [5.41, 5.74) is 1.65. The molecule has 0 heterocycles. The molecule has 17 nitrogen and oxygen atoms in total. The first kappa shape index (κ1) is 50.3. The summed E-state index contributed by atoms with van der Waals surface area (Å²) in [7, 11) is -18.0. The summed E-state index contributed by atoms with van der Waals surface area (Å²) < 4.78 is 161. The Labute approximate surface area is 382 Å². The minimum Gasteiger partial charge on any atom is -0.497 e. The summed E-state index contributed by atoms with van der Waals surface area (Å²) in [6.07, 6.45) is 0.715. The van der Waals surface area contributed by atoms with Crippen molar-refractivity contribution in [1.29, 1.82) is 0 Å². The molecular weight excluding hydrogens is 961 g/mol. The highest BCUT2D eigenvalue weighted by molar-refractivity contribution is 7.92. The average Bonchev–Trinajstić information content (AvgIpc) is 3.25. The Balaban J connectivity index is 0.000000830. The van der Waals surface area contributed by atoms with Crippen LogP contribution in [0.2, 0.25) is 0 Å². The molecule has 0 bridgehead atoms. The van der Waals surface area contributed by atoms with E-state index in [4.69, 9.17) is 36.1 Å². The van der Waals surface area contributed by atoms with Crippen LogP contribution in [-0.2, 0) is 57.1 Å². The SMILES string of the molecule is COc1ccc(Oc2ccc(S(=O)(=O)c3ccc(COc4ccc5cc(Oc6ccc(S(=O)(=O)c7ccc(C)cc7)cc6)ccc5c4)cc3)cc2S(=O)(=O)O)cc1.CS(=O)(=O)O.O=S(=O)=O. The fourth-order valence-electron chi connectivity index (χ4n) is 5.81. The summed E-state index contributed by atoms with van der Waals surface area (Å²) in [5, 5.41) is 1.76. The van der Waals surface area contributed by atoms with Crippen molar-refractivity contribution in [3.05, 3.63) is 163 Å². The van der Waals surface area contributed by atoms with E-state index in [0.29, 0.717) is 34.8 Å². The van der Waals surface area contributed by atoms with E-state index in [0.717, 1.165) is 22.4 Å². The molecule has 2 N–H and O–H groups in total. The van der Waals surface area contributed by atoms with Gasteiger partial charge in [-0.1, -0.05) is 42.0 Å². The summed E-state index contributed by atoms with van der Waals surface area (Å²) in [6.45, 7) is 2.03. The Morgan fingerprint density at radius 1 is 0.485 bits per heavy atom. The number of rotatable bonds is 13. The molecule has 0 aliphatic heterocycles. The summed E-state index contributed by atoms with van der Waals surface area (Å²) in [6, 6.07) is 39.5. The van der Waals surface area contributed by atoms with Crippen LogP contribution in [0.25, 0.3) is 10.8 Å². The zero-order chi connectivity index (χ0) is 48.5. The molecule has 0 unspecified atom stereocenters. The van der Waals surface area contributed by atoms with Crippen molar-refractivity contribution in [2.75, 3.05) is 13.4 Å². The van der Waals surface area contributed by atoms with Crippen molar-refractivity contribution >= 4 is 61.3 Å². The standard InChI is InChI=1S/C43H34O11S3.CH4O3S.O3S/c1-29-3-17-38(18-4-29)55(44,45)40-21-15-34(16-22-40)53-37-10-8-31-25-36(9-7-32(31)26-37)52-28-30-5-19-39(20-6-30)56(46,47)41-23-24-42(43(27-41)57(48,49)50)54-35-13-11-33(51-2)12-14-35;1-5(2,3)4;1-4(2)3/h3-27H,28H2,1-2H3,(H,48,49,50);1H3,(H,2,3,4);. The van der Waals surface area contributed by atoms with Crippen LogP contribution in [-0.4, -0.2) is 68.8 Å². The molecule has 346 valence electrons. The number of benzene rings is 7. The molecule has 22 heteroatoms. The largest absolute Gasteiger partial charge is 0.497 e. The van der Waals surface area contributed by atoms with Crippen LogP contribution in [0.15, 0.2) is 176 Å². The molecule has 7 rings (SSSR count). The van der Waals surface area contributed by atoms with Crippen LogP contribution in [0.4, 0.5) is 0 Å². The minimum absolute atomic E-state index is 0.0942.